The molecule has 2 N–H and O–H groups in total. The van der Waals surface area contributed by atoms with E-state index in [0.717, 1.165) is 16.9 Å². The van der Waals surface area contributed by atoms with Gasteiger partial charge in [0.25, 0.3) is 0 Å². The molecule has 18 heavy (non-hydrogen) atoms. The Labute approximate surface area is 107 Å². The first-order chi connectivity index (χ1) is 8.75. The van der Waals surface area contributed by atoms with Gasteiger partial charge in [-0.1, -0.05) is 25.0 Å². The van der Waals surface area contributed by atoms with Gasteiger partial charge in [0, 0.05) is 13.1 Å². The van der Waals surface area contributed by atoms with E-state index in [0.29, 0.717) is 11.9 Å². The summed E-state index contributed by atoms with van der Waals surface area (Å²) in [6.45, 7) is 0. The van der Waals surface area contributed by atoms with E-state index < -0.39 is 0 Å². The number of nitrogens with two attached hydrogens (primary N) is 1. The van der Waals surface area contributed by atoms with Crippen LogP contribution in [0.1, 0.15) is 25.7 Å². The summed E-state index contributed by atoms with van der Waals surface area (Å²) in [4.78, 5) is 11.3. The minimum atomic E-state index is 0.531. The van der Waals surface area contributed by atoms with Gasteiger partial charge in [0.15, 0.2) is 11.6 Å². The molecule has 1 saturated carbocycles. The molecule has 0 amide bonds. The fourth-order valence-corrected chi connectivity index (χ4v) is 2.73. The van der Waals surface area contributed by atoms with Crippen molar-refractivity contribution < 1.29 is 0 Å². The minimum absolute atomic E-state index is 0.531. The van der Waals surface area contributed by atoms with Crippen molar-refractivity contribution in [3.63, 3.8) is 0 Å². The topological polar surface area (TPSA) is 55.0 Å². The van der Waals surface area contributed by atoms with Crippen LogP contribution in [0.4, 0.5) is 11.6 Å². The van der Waals surface area contributed by atoms with Crippen molar-refractivity contribution in [2.45, 2.75) is 31.7 Å². The third-order valence-electron chi connectivity index (χ3n) is 3.78. The van der Waals surface area contributed by atoms with Gasteiger partial charge in [0.05, 0.1) is 11.0 Å². The van der Waals surface area contributed by atoms with Gasteiger partial charge in [-0.05, 0) is 25.0 Å². The number of para-hydroxylation sites is 2. The van der Waals surface area contributed by atoms with Crippen molar-refractivity contribution in [3.05, 3.63) is 24.3 Å². The van der Waals surface area contributed by atoms with E-state index in [1.54, 1.807) is 0 Å². The van der Waals surface area contributed by atoms with Crippen LogP contribution in [0.2, 0.25) is 0 Å². The van der Waals surface area contributed by atoms with Crippen molar-refractivity contribution in [1.29, 1.82) is 0 Å². The van der Waals surface area contributed by atoms with Gasteiger partial charge in [-0.3, -0.25) is 0 Å². The van der Waals surface area contributed by atoms with Crippen LogP contribution in [0.15, 0.2) is 24.3 Å². The molecule has 2 aromatic rings. The van der Waals surface area contributed by atoms with Crippen LogP contribution in [0.25, 0.3) is 11.0 Å². The van der Waals surface area contributed by atoms with Crippen molar-refractivity contribution >= 4 is 22.7 Å². The van der Waals surface area contributed by atoms with Crippen LogP contribution in [0.5, 0.6) is 0 Å². The Bertz CT molecular complexity index is 561. The van der Waals surface area contributed by atoms with Crippen molar-refractivity contribution in [2.75, 3.05) is 17.7 Å². The average Bonchev–Trinajstić information content (AvgIpc) is 2.91. The average molecular weight is 242 g/mol. The molecule has 1 aliphatic rings. The first-order valence-electron chi connectivity index (χ1n) is 6.51. The number of hydrogen-bond donors (Lipinski definition) is 1. The lowest BCUT2D eigenvalue weighted by molar-refractivity contribution is 0.647. The third kappa shape index (κ3) is 1.88. The first kappa shape index (κ1) is 11.3. The number of hydrogen-bond acceptors (Lipinski definition) is 4. The Morgan fingerprint density at radius 3 is 2.39 bits per heavy atom. The van der Waals surface area contributed by atoms with E-state index >= 15 is 0 Å². The van der Waals surface area contributed by atoms with Gasteiger partial charge in [-0.15, -0.1) is 0 Å². The largest absolute Gasteiger partial charge is 0.381 e. The number of benzene rings is 1. The van der Waals surface area contributed by atoms with E-state index in [9.17, 15) is 0 Å². The smallest absolute Gasteiger partial charge is 0.172 e. The lowest BCUT2D eigenvalue weighted by Gasteiger charge is -2.26. The molecule has 3 rings (SSSR count). The maximum atomic E-state index is 6.04. The van der Waals surface area contributed by atoms with E-state index in [1.807, 2.05) is 24.3 Å². The van der Waals surface area contributed by atoms with E-state index in [1.165, 1.54) is 25.7 Å². The first-order valence-corrected chi connectivity index (χ1v) is 6.51. The van der Waals surface area contributed by atoms with E-state index in [4.69, 9.17) is 5.73 Å². The molecule has 1 aromatic carbocycles. The van der Waals surface area contributed by atoms with Crippen LogP contribution in [-0.2, 0) is 0 Å². The van der Waals surface area contributed by atoms with E-state index in [-0.39, 0.29) is 0 Å². The summed E-state index contributed by atoms with van der Waals surface area (Å²) in [5.41, 5.74) is 7.81. The second-order valence-electron chi connectivity index (χ2n) is 4.97. The van der Waals surface area contributed by atoms with Gasteiger partial charge in [0.2, 0.25) is 0 Å². The van der Waals surface area contributed by atoms with Gasteiger partial charge < -0.3 is 10.6 Å². The highest BCUT2D eigenvalue weighted by atomic mass is 15.2. The molecule has 1 aliphatic carbocycles. The summed E-state index contributed by atoms with van der Waals surface area (Å²) < 4.78 is 0. The normalized spacial score (nSPS) is 16.3. The Hall–Kier alpha value is -1.84. The van der Waals surface area contributed by atoms with Crippen LogP contribution in [-0.4, -0.2) is 23.1 Å². The molecule has 1 heterocycles. The monoisotopic (exact) mass is 242 g/mol. The summed E-state index contributed by atoms with van der Waals surface area (Å²) in [5, 5.41) is 0. The van der Waals surface area contributed by atoms with Gasteiger partial charge in [-0.2, -0.15) is 0 Å². The molecule has 0 saturated heterocycles. The predicted molar refractivity (Wildman–Crippen MR) is 74.6 cm³/mol. The number of nitrogen functional groups attached to an aromatic ring is 1. The molecule has 1 fully saturated rings. The number of fused-ring (bicyclic) bond motifs is 1. The van der Waals surface area contributed by atoms with Gasteiger partial charge >= 0.3 is 0 Å². The molecule has 0 unspecified atom stereocenters. The van der Waals surface area contributed by atoms with Gasteiger partial charge in [0.1, 0.15) is 0 Å². The molecule has 0 atom stereocenters. The molecule has 0 bridgehead atoms. The summed E-state index contributed by atoms with van der Waals surface area (Å²) >= 11 is 0. The Morgan fingerprint density at radius 1 is 1.11 bits per heavy atom. The standard InChI is InChI=1S/C14H18N4/c1-18(10-6-2-3-7-10)14-13(15)16-11-8-4-5-9-12(11)17-14/h4-5,8-10H,2-3,6-7H2,1H3,(H2,15,16). The third-order valence-corrected chi connectivity index (χ3v) is 3.78. The lowest BCUT2D eigenvalue weighted by atomic mass is 10.2. The molecule has 4 heteroatoms. The SMILES string of the molecule is CN(c1nc2ccccc2nc1N)C1CCCC1. The zero-order valence-corrected chi connectivity index (χ0v) is 10.6. The quantitative estimate of drug-likeness (QED) is 0.879. The summed E-state index contributed by atoms with van der Waals surface area (Å²) in [6, 6.07) is 8.41. The lowest BCUT2D eigenvalue weighted by Crippen LogP contribution is -2.30. The van der Waals surface area contributed by atoms with Crippen molar-refractivity contribution in [2.24, 2.45) is 0 Å². The number of rotatable bonds is 2. The molecule has 4 nitrogen and oxygen atoms in total. The highest BCUT2D eigenvalue weighted by Crippen LogP contribution is 2.29. The molecular formula is C14H18N4. The fourth-order valence-electron chi connectivity index (χ4n) is 2.73. The van der Waals surface area contributed by atoms with Crippen LogP contribution in [0.3, 0.4) is 0 Å². The van der Waals surface area contributed by atoms with Crippen molar-refractivity contribution in [1.82, 2.24) is 9.97 Å². The molecule has 0 aliphatic heterocycles. The second-order valence-corrected chi connectivity index (χ2v) is 4.97. The maximum absolute atomic E-state index is 6.04. The Morgan fingerprint density at radius 2 is 1.72 bits per heavy atom. The number of aromatic nitrogens is 2. The summed E-state index contributed by atoms with van der Waals surface area (Å²) in [5.74, 6) is 1.35. The highest BCUT2D eigenvalue weighted by Gasteiger charge is 2.22. The minimum Gasteiger partial charge on any atom is -0.381 e. The maximum Gasteiger partial charge on any atom is 0.172 e. The van der Waals surface area contributed by atoms with E-state index in [2.05, 4.69) is 21.9 Å². The second kappa shape index (κ2) is 4.44. The Balaban J connectivity index is 2.02. The molecule has 1 aromatic heterocycles. The fraction of sp³-hybridized carbons (Fsp3) is 0.429. The molecule has 0 radical (unpaired) electrons. The summed E-state index contributed by atoms with van der Waals surface area (Å²) in [6.07, 6.45) is 5.06. The summed E-state index contributed by atoms with van der Waals surface area (Å²) in [7, 11) is 2.07. The van der Waals surface area contributed by atoms with Crippen LogP contribution < -0.4 is 10.6 Å². The van der Waals surface area contributed by atoms with Crippen LogP contribution in [0, 0.1) is 0 Å². The zero-order valence-electron chi connectivity index (χ0n) is 10.6. The van der Waals surface area contributed by atoms with Crippen LogP contribution >= 0.6 is 0 Å². The predicted octanol–water partition coefficient (Wildman–Crippen LogP) is 2.59. The number of anilines is 2. The number of nitrogens with zero attached hydrogens (tertiary/aromatic N) is 3. The molecule has 0 spiro atoms. The van der Waals surface area contributed by atoms with Gasteiger partial charge in [-0.25, -0.2) is 9.97 Å². The highest BCUT2D eigenvalue weighted by molar-refractivity contribution is 5.79. The Kier molecular flexibility index (Phi) is 2.78. The molecular weight excluding hydrogens is 224 g/mol. The zero-order chi connectivity index (χ0) is 12.5. The molecule has 94 valence electrons. The van der Waals surface area contributed by atoms with Crippen molar-refractivity contribution in [3.8, 4) is 0 Å².